The van der Waals surface area contributed by atoms with Crippen molar-refractivity contribution >= 4 is 26.2 Å². The molecule has 0 aliphatic heterocycles. The second-order valence-electron chi connectivity index (χ2n) is 3.04. The van der Waals surface area contributed by atoms with Gasteiger partial charge in [0.15, 0.2) is 6.10 Å². The van der Waals surface area contributed by atoms with Gasteiger partial charge >= 0.3 is 5.97 Å². The molecule has 0 heterocycles. The van der Waals surface area contributed by atoms with Crippen LogP contribution in [0.5, 0.6) is 0 Å². The van der Waals surface area contributed by atoms with Gasteiger partial charge in [-0.25, -0.2) is 4.79 Å². The zero-order chi connectivity index (χ0) is 13.7. The van der Waals surface area contributed by atoms with Gasteiger partial charge in [-0.2, -0.15) is 16.8 Å². The van der Waals surface area contributed by atoms with E-state index in [0.29, 0.717) is 0 Å². The van der Waals surface area contributed by atoms with Crippen molar-refractivity contribution in [2.24, 2.45) is 0 Å². The number of rotatable bonds is 7. The highest BCUT2D eigenvalue weighted by atomic mass is 32.2. The smallest absolute Gasteiger partial charge is 0.336 e. The minimum Gasteiger partial charge on any atom is -0.464 e. The van der Waals surface area contributed by atoms with Crippen LogP contribution in [0, 0.1) is 0 Å². The first kappa shape index (κ1) is 16.3. The molecule has 0 aliphatic rings. The summed E-state index contributed by atoms with van der Waals surface area (Å²) in [6.45, 7) is 2.76. The lowest BCUT2D eigenvalue weighted by Gasteiger charge is -2.11. The summed E-state index contributed by atoms with van der Waals surface area (Å²) in [5, 5.41) is 0. The summed E-state index contributed by atoms with van der Waals surface area (Å²) in [5.74, 6) is -2.80. The Balaban J connectivity index is 4.41. The van der Waals surface area contributed by atoms with Gasteiger partial charge in [0.1, 0.15) is 0 Å². The van der Waals surface area contributed by atoms with E-state index in [2.05, 4.69) is 8.92 Å². The molecule has 0 fully saturated rings. The van der Waals surface area contributed by atoms with E-state index < -0.39 is 43.8 Å². The molecule has 1 atom stereocenters. The molecule has 0 aromatic carbocycles. The second kappa shape index (κ2) is 6.28. The van der Waals surface area contributed by atoms with Crippen LogP contribution in [0.1, 0.15) is 13.8 Å². The first-order valence-corrected chi connectivity index (χ1v) is 7.79. The topological polar surface area (TPSA) is 124 Å². The molecule has 0 saturated carbocycles. The monoisotopic (exact) mass is 290 g/mol. The summed E-state index contributed by atoms with van der Waals surface area (Å²) in [6.07, 6.45) is -1.36. The quantitative estimate of drug-likeness (QED) is 0.366. The number of hydrogen-bond acceptors (Lipinski definition) is 7. The summed E-state index contributed by atoms with van der Waals surface area (Å²) < 4.78 is 60.3. The summed E-state index contributed by atoms with van der Waals surface area (Å²) >= 11 is 0. The van der Waals surface area contributed by atoms with E-state index in [4.69, 9.17) is 4.55 Å². The standard InChI is InChI=1S/C7H14O8S2/c1-3-14-7(8)6(2)15-17(12,13)5-4-16(9,10)11/h6H,3-5H2,1-2H3,(H,9,10,11). The van der Waals surface area contributed by atoms with E-state index in [1.54, 1.807) is 0 Å². The Labute approximate surface area is 99.8 Å². The second-order valence-corrected chi connectivity index (χ2v) is 6.33. The first-order valence-electron chi connectivity index (χ1n) is 4.60. The van der Waals surface area contributed by atoms with Gasteiger partial charge < -0.3 is 4.74 Å². The van der Waals surface area contributed by atoms with Crippen molar-refractivity contribution in [3.63, 3.8) is 0 Å². The highest BCUT2D eigenvalue weighted by Gasteiger charge is 2.24. The van der Waals surface area contributed by atoms with E-state index in [-0.39, 0.29) is 6.61 Å². The molecule has 0 saturated heterocycles. The predicted molar refractivity (Wildman–Crippen MR) is 57.4 cm³/mol. The molecule has 0 spiro atoms. The molecule has 1 unspecified atom stereocenters. The summed E-state index contributed by atoms with van der Waals surface area (Å²) in [6, 6.07) is 0. The largest absolute Gasteiger partial charge is 0.464 e. The Bertz CT molecular complexity index is 448. The number of esters is 1. The van der Waals surface area contributed by atoms with Crippen LogP contribution in [-0.2, 0) is 34.0 Å². The van der Waals surface area contributed by atoms with Crippen LogP contribution in [-0.4, -0.2) is 51.6 Å². The lowest BCUT2D eigenvalue weighted by molar-refractivity contribution is -0.150. The van der Waals surface area contributed by atoms with Crippen LogP contribution >= 0.6 is 0 Å². The Kier molecular flexibility index (Phi) is 6.02. The van der Waals surface area contributed by atoms with Crippen LogP contribution in [0.4, 0.5) is 0 Å². The molecular weight excluding hydrogens is 276 g/mol. The van der Waals surface area contributed by atoms with Crippen LogP contribution in [0.2, 0.25) is 0 Å². The summed E-state index contributed by atoms with van der Waals surface area (Å²) in [4.78, 5) is 11.0. The van der Waals surface area contributed by atoms with E-state index >= 15 is 0 Å². The third-order valence-corrected chi connectivity index (χ3v) is 3.77. The molecule has 0 bridgehead atoms. The maximum Gasteiger partial charge on any atom is 0.336 e. The van der Waals surface area contributed by atoms with Crippen molar-refractivity contribution in [2.45, 2.75) is 20.0 Å². The van der Waals surface area contributed by atoms with Gasteiger partial charge in [0.25, 0.3) is 20.2 Å². The molecule has 0 aliphatic carbocycles. The molecule has 0 radical (unpaired) electrons. The molecule has 0 rings (SSSR count). The molecule has 8 nitrogen and oxygen atoms in total. The molecule has 1 N–H and O–H groups in total. The van der Waals surface area contributed by atoms with E-state index in [0.717, 1.165) is 6.92 Å². The minimum atomic E-state index is -4.40. The first-order chi connectivity index (χ1) is 7.57. The van der Waals surface area contributed by atoms with Crippen LogP contribution in [0.25, 0.3) is 0 Å². The Morgan fingerprint density at radius 3 is 2.18 bits per heavy atom. The van der Waals surface area contributed by atoms with Crippen LogP contribution in [0.3, 0.4) is 0 Å². The summed E-state index contributed by atoms with van der Waals surface area (Å²) in [7, 11) is -8.62. The normalized spacial score (nSPS) is 14.3. The lowest BCUT2D eigenvalue weighted by Crippen LogP contribution is -2.29. The SMILES string of the molecule is CCOC(=O)C(C)OS(=O)(=O)CCS(=O)(=O)O. The Morgan fingerprint density at radius 2 is 1.76 bits per heavy atom. The third-order valence-electron chi connectivity index (χ3n) is 1.50. The van der Waals surface area contributed by atoms with Gasteiger partial charge in [0.2, 0.25) is 0 Å². The number of carbonyl (C=O) groups is 1. The molecular formula is C7H14O8S2. The van der Waals surface area contributed by atoms with E-state index in [1.807, 2.05) is 0 Å². The lowest BCUT2D eigenvalue weighted by atomic mass is 10.4. The van der Waals surface area contributed by atoms with Gasteiger partial charge in [0.05, 0.1) is 18.1 Å². The molecule has 0 aromatic rings. The van der Waals surface area contributed by atoms with Crippen molar-refractivity contribution in [3.8, 4) is 0 Å². The molecule has 17 heavy (non-hydrogen) atoms. The highest BCUT2D eigenvalue weighted by molar-refractivity contribution is 7.90. The fraction of sp³-hybridized carbons (Fsp3) is 0.857. The van der Waals surface area contributed by atoms with Crippen LogP contribution in [0.15, 0.2) is 0 Å². The van der Waals surface area contributed by atoms with Gasteiger partial charge in [-0.15, -0.1) is 0 Å². The third kappa shape index (κ3) is 8.07. The van der Waals surface area contributed by atoms with Crippen molar-refractivity contribution < 1.29 is 35.1 Å². The van der Waals surface area contributed by atoms with Crippen molar-refractivity contribution in [1.29, 1.82) is 0 Å². The molecule has 102 valence electrons. The maximum atomic E-state index is 11.2. The fourth-order valence-corrected chi connectivity index (χ4v) is 3.05. The molecule has 10 heteroatoms. The number of ether oxygens (including phenoxy) is 1. The fourth-order valence-electron chi connectivity index (χ4n) is 0.774. The number of hydrogen-bond donors (Lipinski definition) is 1. The summed E-state index contributed by atoms with van der Waals surface area (Å²) in [5.41, 5.74) is 0. The minimum absolute atomic E-state index is 0.0671. The Morgan fingerprint density at radius 1 is 1.24 bits per heavy atom. The zero-order valence-corrected chi connectivity index (χ0v) is 11.0. The average molecular weight is 290 g/mol. The Hall–Kier alpha value is -0.710. The van der Waals surface area contributed by atoms with Crippen molar-refractivity contribution in [2.75, 3.05) is 18.1 Å². The van der Waals surface area contributed by atoms with Gasteiger partial charge in [-0.3, -0.25) is 8.74 Å². The van der Waals surface area contributed by atoms with Crippen molar-refractivity contribution in [3.05, 3.63) is 0 Å². The van der Waals surface area contributed by atoms with E-state index in [1.165, 1.54) is 6.92 Å². The van der Waals surface area contributed by atoms with Gasteiger partial charge in [0, 0.05) is 0 Å². The molecule has 0 amide bonds. The zero-order valence-electron chi connectivity index (χ0n) is 9.32. The predicted octanol–water partition coefficient (Wildman–Crippen LogP) is -0.828. The van der Waals surface area contributed by atoms with Crippen LogP contribution < -0.4 is 0 Å². The van der Waals surface area contributed by atoms with Gasteiger partial charge in [-0.1, -0.05) is 0 Å². The van der Waals surface area contributed by atoms with E-state index in [9.17, 15) is 21.6 Å². The average Bonchev–Trinajstić information content (AvgIpc) is 2.14. The number of carbonyl (C=O) groups excluding carboxylic acids is 1. The highest BCUT2D eigenvalue weighted by Crippen LogP contribution is 2.03. The van der Waals surface area contributed by atoms with Crippen molar-refractivity contribution in [1.82, 2.24) is 0 Å². The van der Waals surface area contributed by atoms with Gasteiger partial charge in [-0.05, 0) is 13.8 Å². The molecule has 0 aromatic heterocycles. The maximum absolute atomic E-state index is 11.2.